The maximum Gasteiger partial charge on any atom is 0.270 e. The van der Waals surface area contributed by atoms with Crippen LogP contribution in [-0.2, 0) is 17.6 Å². The van der Waals surface area contributed by atoms with Crippen molar-refractivity contribution in [2.75, 3.05) is 16.9 Å². The molecule has 0 atom stereocenters. The average molecular weight is 306 g/mol. The number of carbonyl (C=O) groups is 1. The Morgan fingerprint density at radius 1 is 1.19 bits per heavy atom. The summed E-state index contributed by atoms with van der Waals surface area (Å²) in [4.78, 5) is 12.2. The van der Waals surface area contributed by atoms with E-state index in [-0.39, 0.29) is 5.91 Å². The van der Waals surface area contributed by atoms with E-state index in [9.17, 15) is 9.90 Å². The van der Waals surface area contributed by atoms with Crippen molar-refractivity contribution in [2.24, 2.45) is 0 Å². The van der Waals surface area contributed by atoms with Crippen LogP contribution in [0, 0.1) is 0 Å². The first-order valence-corrected chi connectivity index (χ1v) is 8.82. The summed E-state index contributed by atoms with van der Waals surface area (Å²) in [6.07, 6.45) is 5.65. The van der Waals surface area contributed by atoms with E-state index in [1.165, 1.54) is 24.0 Å². The zero-order valence-corrected chi connectivity index (χ0v) is 13.0. The van der Waals surface area contributed by atoms with E-state index in [2.05, 4.69) is 16.9 Å². The number of rotatable bonds is 3. The van der Waals surface area contributed by atoms with Gasteiger partial charge in [-0.2, -0.15) is 11.8 Å². The second-order valence-electron chi connectivity index (χ2n) is 5.87. The molecule has 21 heavy (non-hydrogen) atoms. The van der Waals surface area contributed by atoms with Crippen LogP contribution in [-0.4, -0.2) is 28.1 Å². The standard InChI is InChI=1S/C16H22N2O2S/c19-15(16(20)8-10-21-11-9-16)18-17-14-7-3-5-12-4-1-2-6-13(12)14/h3,5,7,17,20H,1-2,4,6,8-11H2,(H,18,19). The van der Waals surface area contributed by atoms with Crippen LogP contribution in [0.3, 0.4) is 0 Å². The van der Waals surface area contributed by atoms with Gasteiger partial charge in [-0.3, -0.25) is 15.6 Å². The minimum atomic E-state index is -1.22. The lowest BCUT2D eigenvalue weighted by Gasteiger charge is -2.30. The van der Waals surface area contributed by atoms with Crippen molar-refractivity contribution in [3.63, 3.8) is 0 Å². The second kappa shape index (κ2) is 6.28. The highest BCUT2D eigenvalue weighted by Crippen LogP contribution is 2.29. The van der Waals surface area contributed by atoms with E-state index in [1.54, 1.807) is 11.8 Å². The number of fused-ring (bicyclic) bond motifs is 1. The number of anilines is 1. The highest BCUT2D eigenvalue weighted by Gasteiger charge is 2.37. The molecule has 1 heterocycles. The number of hydrogen-bond donors (Lipinski definition) is 3. The normalized spacial score (nSPS) is 20.4. The number of hydrazine groups is 1. The Bertz CT molecular complexity index is 527. The third-order valence-corrected chi connectivity index (χ3v) is 5.43. The number of amides is 1. The Morgan fingerprint density at radius 2 is 1.95 bits per heavy atom. The molecule has 1 aliphatic heterocycles. The lowest BCUT2D eigenvalue weighted by atomic mass is 9.90. The van der Waals surface area contributed by atoms with Gasteiger partial charge in [-0.15, -0.1) is 0 Å². The molecule has 4 nitrogen and oxygen atoms in total. The Balaban J connectivity index is 1.66. The number of benzene rings is 1. The van der Waals surface area contributed by atoms with Crippen LogP contribution < -0.4 is 10.9 Å². The van der Waals surface area contributed by atoms with E-state index >= 15 is 0 Å². The molecular weight excluding hydrogens is 284 g/mol. The minimum Gasteiger partial charge on any atom is -0.380 e. The summed E-state index contributed by atoms with van der Waals surface area (Å²) in [6, 6.07) is 6.17. The first-order chi connectivity index (χ1) is 10.2. The largest absolute Gasteiger partial charge is 0.380 e. The Kier molecular flexibility index (Phi) is 4.40. The van der Waals surface area contributed by atoms with E-state index < -0.39 is 5.60 Å². The fourth-order valence-electron chi connectivity index (χ4n) is 3.08. The third-order valence-electron chi connectivity index (χ3n) is 4.45. The summed E-state index contributed by atoms with van der Waals surface area (Å²) in [5.41, 5.74) is 8.16. The topological polar surface area (TPSA) is 61.4 Å². The lowest BCUT2D eigenvalue weighted by Crippen LogP contribution is -2.50. The smallest absolute Gasteiger partial charge is 0.270 e. The highest BCUT2D eigenvalue weighted by molar-refractivity contribution is 7.99. The van der Waals surface area contributed by atoms with Crippen LogP contribution >= 0.6 is 11.8 Å². The van der Waals surface area contributed by atoms with Gasteiger partial charge in [0.25, 0.3) is 5.91 Å². The zero-order chi connectivity index (χ0) is 14.7. The van der Waals surface area contributed by atoms with Gasteiger partial charge in [-0.1, -0.05) is 12.1 Å². The third kappa shape index (κ3) is 3.19. The van der Waals surface area contributed by atoms with Crippen LogP contribution in [0.5, 0.6) is 0 Å². The number of aliphatic hydroxyl groups is 1. The van der Waals surface area contributed by atoms with Crippen LogP contribution in [0.1, 0.15) is 36.8 Å². The van der Waals surface area contributed by atoms with E-state index in [0.717, 1.165) is 30.0 Å². The molecule has 0 spiro atoms. The molecule has 0 saturated carbocycles. The van der Waals surface area contributed by atoms with Gasteiger partial charge in [0, 0.05) is 0 Å². The Morgan fingerprint density at radius 3 is 2.76 bits per heavy atom. The maximum atomic E-state index is 12.2. The van der Waals surface area contributed by atoms with Gasteiger partial charge in [0.15, 0.2) is 0 Å². The van der Waals surface area contributed by atoms with E-state index in [4.69, 9.17) is 0 Å². The molecule has 0 unspecified atom stereocenters. The van der Waals surface area contributed by atoms with Crippen molar-refractivity contribution in [1.29, 1.82) is 0 Å². The quantitative estimate of drug-likeness (QED) is 0.750. The monoisotopic (exact) mass is 306 g/mol. The average Bonchev–Trinajstić information content (AvgIpc) is 2.53. The summed E-state index contributed by atoms with van der Waals surface area (Å²) >= 11 is 1.79. The number of nitrogens with one attached hydrogen (secondary N) is 2. The molecule has 1 aliphatic carbocycles. The molecule has 1 amide bonds. The molecule has 1 fully saturated rings. The van der Waals surface area contributed by atoms with Crippen LogP contribution in [0.25, 0.3) is 0 Å². The first-order valence-electron chi connectivity index (χ1n) is 7.66. The van der Waals surface area contributed by atoms with Gasteiger partial charge in [0.05, 0.1) is 5.69 Å². The predicted octanol–water partition coefficient (Wildman–Crippen LogP) is 2.27. The van der Waals surface area contributed by atoms with Crippen molar-refractivity contribution in [1.82, 2.24) is 5.43 Å². The number of hydrogen-bond acceptors (Lipinski definition) is 4. The summed E-state index contributed by atoms with van der Waals surface area (Å²) < 4.78 is 0. The Labute approximate surface area is 129 Å². The molecule has 0 radical (unpaired) electrons. The summed E-state index contributed by atoms with van der Waals surface area (Å²) in [5.74, 6) is 1.37. The molecular formula is C16H22N2O2S. The first kappa shape index (κ1) is 14.7. The molecule has 0 aromatic heterocycles. The van der Waals surface area contributed by atoms with Gasteiger partial charge < -0.3 is 5.11 Å². The summed E-state index contributed by atoms with van der Waals surface area (Å²) in [6.45, 7) is 0. The van der Waals surface area contributed by atoms with Gasteiger partial charge >= 0.3 is 0 Å². The highest BCUT2D eigenvalue weighted by atomic mass is 32.2. The molecule has 1 aromatic rings. The summed E-state index contributed by atoms with van der Waals surface area (Å²) in [7, 11) is 0. The van der Waals surface area contributed by atoms with Crippen LogP contribution in [0.15, 0.2) is 18.2 Å². The van der Waals surface area contributed by atoms with E-state index in [0.29, 0.717) is 12.8 Å². The SMILES string of the molecule is O=C(NNc1cccc2c1CCCC2)C1(O)CCSCC1. The lowest BCUT2D eigenvalue weighted by molar-refractivity contribution is -0.139. The fourth-order valence-corrected chi connectivity index (χ4v) is 4.24. The van der Waals surface area contributed by atoms with Crippen molar-refractivity contribution in [2.45, 2.75) is 44.1 Å². The molecule has 0 bridgehead atoms. The maximum absolute atomic E-state index is 12.2. The molecule has 1 aromatic carbocycles. The van der Waals surface area contributed by atoms with Gasteiger partial charge in [-0.25, -0.2) is 0 Å². The zero-order valence-electron chi connectivity index (χ0n) is 12.2. The van der Waals surface area contributed by atoms with Crippen molar-refractivity contribution in [3.8, 4) is 0 Å². The fraction of sp³-hybridized carbons (Fsp3) is 0.562. The Hall–Kier alpha value is -1.20. The van der Waals surface area contributed by atoms with Crippen molar-refractivity contribution in [3.05, 3.63) is 29.3 Å². The van der Waals surface area contributed by atoms with Gasteiger partial charge in [0.1, 0.15) is 5.60 Å². The predicted molar refractivity (Wildman–Crippen MR) is 86.4 cm³/mol. The summed E-state index contributed by atoms with van der Waals surface area (Å²) in [5, 5.41) is 10.4. The van der Waals surface area contributed by atoms with Crippen LogP contribution in [0.2, 0.25) is 0 Å². The number of carbonyl (C=O) groups excluding carboxylic acids is 1. The van der Waals surface area contributed by atoms with E-state index in [1.807, 2.05) is 12.1 Å². The molecule has 3 N–H and O–H groups in total. The number of aryl methyl sites for hydroxylation is 1. The molecule has 5 heteroatoms. The minimum absolute atomic E-state index is 0.309. The second-order valence-corrected chi connectivity index (χ2v) is 7.10. The van der Waals surface area contributed by atoms with Crippen molar-refractivity contribution >= 4 is 23.4 Å². The van der Waals surface area contributed by atoms with Crippen LogP contribution in [0.4, 0.5) is 5.69 Å². The molecule has 114 valence electrons. The molecule has 3 rings (SSSR count). The van der Waals surface area contributed by atoms with Gasteiger partial charge in [-0.05, 0) is 67.2 Å². The molecule has 1 saturated heterocycles. The van der Waals surface area contributed by atoms with Gasteiger partial charge in [0.2, 0.25) is 0 Å². The molecule has 2 aliphatic rings. The van der Waals surface area contributed by atoms with Crippen molar-refractivity contribution < 1.29 is 9.90 Å². The number of thioether (sulfide) groups is 1.